The van der Waals surface area contributed by atoms with Gasteiger partial charge in [0.1, 0.15) is 6.61 Å². The molecule has 53 heavy (non-hydrogen) atoms. The van der Waals surface area contributed by atoms with E-state index in [1.54, 1.807) is 23.1 Å². The number of aryl methyl sites for hydroxylation is 2. The number of aromatic nitrogens is 3. The van der Waals surface area contributed by atoms with Crippen LogP contribution < -0.4 is 14.4 Å². The largest absolute Gasteiger partial charge is 0.475 e. The van der Waals surface area contributed by atoms with E-state index in [0.29, 0.717) is 22.9 Å². The Morgan fingerprint density at radius 1 is 0.943 bits per heavy atom. The van der Waals surface area contributed by atoms with Crippen LogP contribution in [0.4, 0.5) is 11.6 Å². The van der Waals surface area contributed by atoms with E-state index in [1.165, 1.54) is 31.4 Å². The Kier molecular flexibility index (Phi) is 8.91. The monoisotopic (exact) mass is 736 g/mol. The molecule has 1 atom stereocenters. The van der Waals surface area contributed by atoms with Crippen LogP contribution in [0.3, 0.4) is 0 Å². The highest BCUT2D eigenvalue weighted by Crippen LogP contribution is 2.76. The van der Waals surface area contributed by atoms with Crippen molar-refractivity contribution in [3.63, 3.8) is 0 Å². The van der Waals surface area contributed by atoms with Crippen LogP contribution in [-0.4, -0.2) is 59.4 Å². The van der Waals surface area contributed by atoms with Gasteiger partial charge in [-0.2, -0.15) is 4.98 Å². The summed E-state index contributed by atoms with van der Waals surface area (Å²) in [5.41, 5.74) is 6.17. The van der Waals surface area contributed by atoms with Gasteiger partial charge in [0.05, 0.1) is 40.8 Å². The van der Waals surface area contributed by atoms with Gasteiger partial charge in [-0.05, 0) is 97.2 Å². The molecule has 3 aliphatic carbocycles. The molecule has 2 aromatic heterocycles. The zero-order chi connectivity index (χ0) is 38.1. The lowest BCUT2D eigenvalue weighted by Gasteiger charge is -2.78. The summed E-state index contributed by atoms with van der Waals surface area (Å²) < 4.78 is 36.5. The van der Waals surface area contributed by atoms with Crippen molar-refractivity contribution in [2.24, 2.45) is 16.2 Å². The molecule has 1 amide bonds. The van der Waals surface area contributed by atoms with Crippen molar-refractivity contribution in [3.8, 4) is 17.1 Å². The molecule has 0 unspecified atom stereocenters. The maximum Gasteiger partial charge on any atom is 0.264 e. The van der Waals surface area contributed by atoms with Crippen LogP contribution in [0.2, 0.25) is 0 Å². The van der Waals surface area contributed by atoms with Crippen LogP contribution in [0.25, 0.3) is 11.3 Å². The van der Waals surface area contributed by atoms with Crippen molar-refractivity contribution in [3.05, 3.63) is 89.2 Å². The van der Waals surface area contributed by atoms with Gasteiger partial charge in [0.2, 0.25) is 11.8 Å². The van der Waals surface area contributed by atoms with Gasteiger partial charge < -0.3 is 14.5 Å². The number of anilines is 2. The molecule has 4 aromatic rings. The molecule has 0 saturated heterocycles. The number of nitrogens with one attached hydrogen (secondary N) is 1. The number of hydrogen-bond acceptors (Lipinski definition) is 8. The number of rotatable bonds is 6. The van der Waals surface area contributed by atoms with Crippen molar-refractivity contribution in [1.82, 2.24) is 19.9 Å². The quantitative estimate of drug-likeness (QED) is 0.211. The van der Waals surface area contributed by atoms with Crippen LogP contribution in [0.5, 0.6) is 5.88 Å². The van der Waals surface area contributed by atoms with Crippen molar-refractivity contribution in [2.45, 2.75) is 104 Å². The van der Waals surface area contributed by atoms with E-state index in [1.807, 2.05) is 44.3 Å². The zero-order valence-corrected chi connectivity index (χ0v) is 33.3. The highest BCUT2D eigenvalue weighted by molar-refractivity contribution is 7.92. The lowest BCUT2D eigenvalue weighted by molar-refractivity contribution is -0.200. The minimum atomic E-state index is -4.17. The van der Waals surface area contributed by atoms with Gasteiger partial charge in [-0.1, -0.05) is 65.8 Å². The molecular formula is C42H52N6O4S. The number of sulfonamides is 1. The van der Waals surface area contributed by atoms with Crippen molar-refractivity contribution in [1.29, 1.82) is 0 Å². The lowest BCUT2D eigenvalue weighted by Crippen LogP contribution is -2.77. The van der Waals surface area contributed by atoms with Crippen molar-refractivity contribution < 1.29 is 17.9 Å². The van der Waals surface area contributed by atoms with Gasteiger partial charge in [0, 0.05) is 29.8 Å². The molecule has 3 fully saturated rings. The van der Waals surface area contributed by atoms with E-state index >= 15 is 0 Å². The van der Waals surface area contributed by atoms with E-state index < -0.39 is 16.1 Å². The third-order valence-electron chi connectivity index (χ3n) is 11.9. The number of carbonyl (C=O) groups excluding carboxylic acids is 1. The van der Waals surface area contributed by atoms with E-state index in [9.17, 15) is 13.2 Å². The SMILES string of the molecule is Cc1cccc(C)c1-c1cc2nc(n1)NS(=O)(=O)c1cccc(c1)C(=O)N(Cc1ccc(N(C)C34CC(C(C)(C)C)(C3)C4)cn1)[C@H](CC(C)(C)C)CO2. The normalized spacial score (nSPS) is 23.6. The number of nitrogens with zero attached hydrogens (tertiary/aromatic N) is 5. The molecule has 11 heteroatoms. The van der Waals surface area contributed by atoms with Crippen molar-refractivity contribution in [2.75, 3.05) is 23.3 Å². The average molecular weight is 737 g/mol. The Hall–Kier alpha value is -4.51. The number of fused-ring (bicyclic) bond motifs is 4. The lowest BCUT2D eigenvalue weighted by atomic mass is 9.32. The summed E-state index contributed by atoms with van der Waals surface area (Å²) in [6.45, 7) is 17.8. The molecule has 0 spiro atoms. The van der Waals surface area contributed by atoms with Gasteiger partial charge in [0.25, 0.3) is 15.9 Å². The Morgan fingerprint density at radius 2 is 1.62 bits per heavy atom. The molecule has 0 radical (unpaired) electrons. The zero-order valence-electron chi connectivity index (χ0n) is 32.4. The molecule has 1 aliphatic heterocycles. The molecule has 280 valence electrons. The van der Waals surface area contributed by atoms with Gasteiger partial charge in [-0.3, -0.25) is 9.78 Å². The fourth-order valence-electron chi connectivity index (χ4n) is 8.59. The molecule has 6 bridgehead atoms. The van der Waals surface area contributed by atoms with Crippen LogP contribution in [0, 0.1) is 30.1 Å². The second-order valence-corrected chi connectivity index (χ2v) is 19.5. The van der Waals surface area contributed by atoms with Crippen LogP contribution in [-0.2, 0) is 16.6 Å². The Morgan fingerprint density at radius 3 is 2.25 bits per heavy atom. The molecule has 1 N–H and O–H groups in total. The first kappa shape index (κ1) is 36.8. The predicted molar refractivity (Wildman–Crippen MR) is 209 cm³/mol. The first-order valence-corrected chi connectivity index (χ1v) is 20.0. The van der Waals surface area contributed by atoms with Gasteiger partial charge >= 0.3 is 0 Å². The molecule has 4 aliphatic rings. The fourth-order valence-corrected chi connectivity index (χ4v) is 9.58. The molecular weight excluding hydrogens is 685 g/mol. The summed E-state index contributed by atoms with van der Waals surface area (Å²) >= 11 is 0. The Bertz CT molecular complexity index is 2130. The molecule has 3 heterocycles. The molecule has 8 rings (SSSR count). The smallest absolute Gasteiger partial charge is 0.264 e. The van der Waals surface area contributed by atoms with E-state index in [2.05, 4.69) is 74.2 Å². The summed E-state index contributed by atoms with van der Waals surface area (Å²) in [6, 6.07) is 17.5. The van der Waals surface area contributed by atoms with Crippen LogP contribution in [0.15, 0.2) is 71.8 Å². The molecule has 2 aromatic carbocycles. The second-order valence-electron chi connectivity index (χ2n) is 17.8. The molecule has 10 nitrogen and oxygen atoms in total. The van der Waals surface area contributed by atoms with Gasteiger partial charge in [0.15, 0.2) is 0 Å². The number of benzene rings is 2. The third-order valence-corrected chi connectivity index (χ3v) is 13.2. The van der Waals surface area contributed by atoms with E-state index in [-0.39, 0.29) is 52.3 Å². The van der Waals surface area contributed by atoms with Gasteiger partial charge in [-0.25, -0.2) is 18.1 Å². The third kappa shape index (κ3) is 6.88. The predicted octanol–water partition coefficient (Wildman–Crippen LogP) is 8.20. The minimum absolute atomic E-state index is 0.0641. The van der Waals surface area contributed by atoms with Crippen molar-refractivity contribution >= 4 is 27.6 Å². The number of carbonyl (C=O) groups is 1. The summed E-state index contributed by atoms with van der Waals surface area (Å²) in [5, 5.41) is 0. The van der Waals surface area contributed by atoms with Crippen LogP contribution in [0.1, 0.15) is 94.4 Å². The van der Waals surface area contributed by atoms with Crippen LogP contribution >= 0.6 is 0 Å². The Balaban J connectivity index is 1.25. The van der Waals surface area contributed by atoms with E-state index in [0.717, 1.165) is 28.1 Å². The minimum Gasteiger partial charge on any atom is -0.475 e. The average Bonchev–Trinajstić information content (AvgIpc) is 3.02. The summed E-state index contributed by atoms with van der Waals surface area (Å²) in [6.07, 6.45) is 6.11. The Labute approximate surface area is 314 Å². The number of amides is 1. The van der Waals surface area contributed by atoms with Gasteiger partial charge in [-0.15, -0.1) is 0 Å². The summed E-state index contributed by atoms with van der Waals surface area (Å²) in [5.74, 6) is -0.209. The number of pyridine rings is 1. The first-order chi connectivity index (χ1) is 24.8. The first-order valence-electron chi connectivity index (χ1n) is 18.5. The standard InChI is InChI=1S/C42H52N6O4S/c1-27-12-10-13-28(2)36(27)34-19-35-45-38(44-34)46-53(50,51)33-15-11-14-29(18-33)37(49)48(32(23-52-35)20-39(3,4)5)22-30-16-17-31(21-43-30)47(9)42-24-41(25-42,26-42)40(6,7)8/h10-19,21,32H,20,22-26H2,1-9H3,(H,44,45,46)/t32-,41?,42?/m1/s1. The highest BCUT2D eigenvalue weighted by Gasteiger charge is 2.73. The topological polar surface area (TPSA) is 118 Å². The van der Waals surface area contributed by atoms with E-state index in [4.69, 9.17) is 9.72 Å². The second kappa shape index (κ2) is 12.8. The maximum atomic E-state index is 14.6. The summed E-state index contributed by atoms with van der Waals surface area (Å²) in [7, 11) is -2.00. The summed E-state index contributed by atoms with van der Waals surface area (Å²) in [4.78, 5) is 32.7. The fraction of sp³-hybridized carbons (Fsp3) is 0.476. The number of ether oxygens (including phenoxy) is 1. The number of hydrogen-bond donors (Lipinski definition) is 1. The maximum absolute atomic E-state index is 14.6. The molecule has 3 saturated carbocycles. The highest BCUT2D eigenvalue weighted by atomic mass is 32.2.